The molecule has 0 fully saturated rings. The molecule has 5 nitrogen and oxygen atoms in total. The molecule has 0 bridgehead atoms. The molecule has 2 aromatic carbocycles. The Morgan fingerprint density at radius 1 is 1.04 bits per heavy atom. The van der Waals surface area contributed by atoms with Crippen LogP contribution in [0.4, 0.5) is 5.69 Å². The number of amides is 1. The summed E-state index contributed by atoms with van der Waals surface area (Å²) >= 11 is 0. The lowest BCUT2D eigenvalue weighted by molar-refractivity contribution is -0.118. The molecule has 0 aliphatic heterocycles. The van der Waals surface area contributed by atoms with Gasteiger partial charge < -0.3 is 14.8 Å². The molecule has 1 amide bonds. The summed E-state index contributed by atoms with van der Waals surface area (Å²) in [5, 5.41) is 2.82. The minimum Gasteiger partial charge on any atom is -0.484 e. The van der Waals surface area contributed by atoms with Crippen LogP contribution in [-0.2, 0) is 9.53 Å². The summed E-state index contributed by atoms with van der Waals surface area (Å²) in [4.78, 5) is 23.5. The van der Waals surface area contributed by atoms with E-state index in [-0.39, 0.29) is 18.5 Å². The van der Waals surface area contributed by atoms with Crippen LogP contribution in [0, 0.1) is 13.8 Å². The monoisotopic (exact) mass is 327 g/mol. The first kappa shape index (κ1) is 17.5. The zero-order chi connectivity index (χ0) is 17.5. The van der Waals surface area contributed by atoms with E-state index in [0.717, 1.165) is 16.8 Å². The van der Waals surface area contributed by atoms with Gasteiger partial charge in [0.15, 0.2) is 6.61 Å². The zero-order valence-electron chi connectivity index (χ0n) is 14.1. The van der Waals surface area contributed by atoms with Crippen molar-refractivity contribution in [1.29, 1.82) is 0 Å². The van der Waals surface area contributed by atoms with Gasteiger partial charge in [-0.1, -0.05) is 17.7 Å². The van der Waals surface area contributed by atoms with E-state index in [1.165, 1.54) is 0 Å². The molecule has 126 valence electrons. The Morgan fingerprint density at radius 3 is 2.38 bits per heavy atom. The summed E-state index contributed by atoms with van der Waals surface area (Å²) in [5.41, 5.74) is 3.36. The normalized spacial score (nSPS) is 10.1. The van der Waals surface area contributed by atoms with Crippen molar-refractivity contribution in [2.75, 3.05) is 18.5 Å². The van der Waals surface area contributed by atoms with Crippen molar-refractivity contribution in [3.05, 3.63) is 59.2 Å². The average molecular weight is 327 g/mol. The number of nitrogens with one attached hydrogen (secondary N) is 1. The minimum atomic E-state index is -0.378. The van der Waals surface area contributed by atoms with Gasteiger partial charge in [-0.3, -0.25) is 4.79 Å². The number of anilines is 1. The minimum absolute atomic E-state index is 0.105. The maximum Gasteiger partial charge on any atom is 0.338 e. The van der Waals surface area contributed by atoms with Gasteiger partial charge in [0.25, 0.3) is 5.91 Å². The average Bonchev–Trinajstić information content (AvgIpc) is 2.56. The SMILES string of the molecule is CCOC(=O)c1ccc(OCC(=O)Nc2ccc(C)cc2C)cc1. The second-order valence-corrected chi connectivity index (χ2v) is 5.40. The molecule has 0 aliphatic carbocycles. The lowest BCUT2D eigenvalue weighted by atomic mass is 10.1. The molecule has 0 heterocycles. The van der Waals surface area contributed by atoms with Crippen LogP contribution in [0.2, 0.25) is 0 Å². The summed E-state index contributed by atoms with van der Waals surface area (Å²) in [6.45, 7) is 5.92. The van der Waals surface area contributed by atoms with Gasteiger partial charge in [0.05, 0.1) is 12.2 Å². The second kappa shape index (κ2) is 8.15. The molecule has 1 N–H and O–H groups in total. The van der Waals surface area contributed by atoms with Crippen molar-refractivity contribution in [3.8, 4) is 5.75 Å². The van der Waals surface area contributed by atoms with Crippen LogP contribution in [0.1, 0.15) is 28.4 Å². The Hall–Kier alpha value is -2.82. The van der Waals surface area contributed by atoms with Crippen molar-refractivity contribution in [2.24, 2.45) is 0 Å². The van der Waals surface area contributed by atoms with Crippen LogP contribution < -0.4 is 10.1 Å². The van der Waals surface area contributed by atoms with E-state index < -0.39 is 0 Å². The van der Waals surface area contributed by atoms with Crippen molar-refractivity contribution < 1.29 is 19.1 Å². The number of benzene rings is 2. The van der Waals surface area contributed by atoms with Gasteiger partial charge in [-0.2, -0.15) is 0 Å². The quantitative estimate of drug-likeness (QED) is 0.825. The third-order valence-corrected chi connectivity index (χ3v) is 3.39. The fraction of sp³-hybridized carbons (Fsp3) is 0.263. The molecule has 2 rings (SSSR count). The molecule has 0 aliphatic rings. The van der Waals surface area contributed by atoms with Gasteiger partial charge in [0.2, 0.25) is 0 Å². The van der Waals surface area contributed by atoms with Crippen LogP contribution in [0.3, 0.4) is 0 Å². The number of hydrogen-bond acceptors (Lipinski definition) is 4. The van der Waals surface area contributed by atoms with Crippen LogP contribution >= 0.6 is 0 Å². The molecule has 0 spiro atoms. The molecule has 0 saturated carbocycles. The van der Waals surface area contributed by atoms with Crippen LogP contribution in [-0.4, -0.2) is 25.1 Å². The van der Waals surface area contributed by atoms with E-state index >= 15 is 0 Å². The Bertz CT molecular complexity index is 723. The number of carbonyl (C=O) groups excluding carboxylic acids is 2. The van der Waals surface area contributed by atoms with E-state index in [4.69, 9.17) is 9.47 Å². The number of rotatable bonds is 6. The van der Waals surface area contributed by atoms with Crippen LogP contribution in [0.5, 0.6) is 5.75 Å². The Labute approximate surface area is 141 Å². The van der Waals surface area contributed by atoms with E-state index in [2.05, 4.69) is 5.32 Å². The number of carbonyl (C=O) groups is 2. The predicted octanol–water partition coefficient (Wildman–Crippen LogP) is 3.50. The van der Waals surface area contributed by atoms with E-state index in [1.807, 2.05) is 32.0 Å². The first-order valence-electron chi connectivity index (χ1n) is 7.76. The highest BCUT2D eigenvalue weighted by Gasteiger charge is 2.08. The third kappa shape index (κ3) is 4.84. The summed E-state index contributed by atoms with van der Waals surface area (Å²) in [5.74, 6) is -0.105. The lowest BCUT2D eigenvalue weighted by Crippen LogP contribution is -2.20. The van der Waals surface area contributed by atoms with E-state index in [1.54, 1.807) is 31.2 Å². The van der Waals surface area contributed by atoms with Gasteiger partial charge in [0.1, 0.15) is 5.75 Å². The number of ether oxygens (including phenoxy) is 2. The number of esters is 1. The van der Waals surface area contributed by atoms with Gasteiger partial charge in [-0.15, -0.1) is 0 Å². The highest BCUT2D eigenvalue weighted by molar-refractivity contribution is 5.92. The van der Waals surface area contributed by atoms with Gasteiger partial charge in [0, 0.05) is 5.69 Å². The van der Waals surface area contributed by atoms with Crippen LogP contribution in [0.25, 0.3) is 0 Å². The third-order valence-electron chi connectivity index (χ3n) is 3.39. The highest BCUT2D eigenvalue weighted by atomic mass is 16.5. The van der Waals surface area contributed by atoms with Gasteiger partial charge >= 0.3 is 5.97 Å². The van der Waals surface area contributed by atoms with Crippen molar-refractivity contribution in [2.45, 2.75) is 20.8 Å². The predicted molar refractivity (Wildman–Crippen MR) is 92.4 cm³/mol. The van der Waals surface area contributed by atoms with E-state index in [9.17, 15) is 9.59 Å². The molecule has 0 unspecified atom stereocenters. The molecule has 0 atom stereocenters. The molecule has 0 radical (unpaired) electrons. The fourth-order valence-electron chi connectivity index (χ4n) is 2.19. The smallest absolute Gasteiger partial charge is 0.338 e. The van der Waals surface area contributed by atoms with Crippen molar-refractivity contribution in [3.63, 3.8) is 0 Å². The van der Waals surface area contributed by atoms with Crippen LogP contribution in [0.15, 0.2) is 42.5 Å². The highest BCUT2D eigenvalue weighted by Crippen LogP contribution is 2.16. The largest absolute Gasteiger partial charge is 0.484 e. The van der Waals surface area contributed by atoms with E-state index in [0.29, 0.717) is 17.9 Å². The maximum atomic E-state index is 12.0. The standard InChI is InChI=1S/C19H21NO4/c1-4-23-19(22)15-6-8-16(9-7-15)24-12-18(21)20-17-10-5-13(2)11-14(17)3/h5-11H,4,12H2,1-3H3,(H,20,21). The number of hydrogen-bond donors (Lipinski definition) is 1. The summed E-state index contributed by atoms with van der Waals surface area (Å²) in [6, 6.07) is 12.3. The zero-order valence-corrected chi connectivity index (χ0v) is 14.1. The van der Waals surface area contributed by atoms with Gasteiger partial charge in [-0.05, 0) is 56.7 Å². The second-order valence-electron chi connectivity index (χ2n) is 5.40. The topological polar surface area (TPSA) is 64.6 Å². The Kier molecular flexibility index (Phi) is 5.95. The maximum absolute atomic E-state index is 12.0. The Morgan fingerprint density at radius 2 is 1.75 bits per heavy atom. The molecular formula is C19H21NO4. The van der Waals surface area contributed by atoms with Crippen molar-refractivity contribution >= 4 is 17.6 Å². The molecule has 5 heteroatoms. The fourth-order valence-corrected chi connectivity index (χ4v) is 2.19. The summed E-state index contributed by atoms with van der Waals surface area (Å²) in [7, 11) is 0. The molecule has 0 saturated heterocycles. The summed E-state index contributed by atoms with van der Waals surface area (Å²) < 4.78 is 10.3. The Balaban J connectivity index is 1.88. The molecule has 24 heavy (non-hydrogen) atoms. The number of aryl methyl sites for hydroxylation is 2. The lowest BCUT2D eigenvalue weighted by Gasteiger charge is -2.10. The molecule has 2 aromatic rings. The molecular weight excluding hydrogens is 306 g/mol. The van der Waals surface area contributed by atoms with Crippen molar-refractivity contribution in [1.82, 2.24) is 0 Å². The molecule has 0 aromatic heterocycles. The first-order valence-corrected chi connectivity index (χ1v) is 7.76. The first-order chi connectivity index (χ1) is 11.5. The summed E-state index contributed by atoms with van der Waals surface area (Å²) in [6.07, 6.45) is 0. The van der Waals surface area contributed by atoms with Gasteiger partial charge in [-0.25, -0.2) is 4.79 Å².